The molecule has 14 heavy (non-hydrogen) atoms. The number of methoxy groups -OCH3 is 1. The van der Waals surface area contributed by atoms with Crippen molar-refractivity contribution >= 4 is 12.3 Å². The minimum absolute atomic E-state index is 0.281. The van der Waals surface area contributed by atoms with Gasteiger partial charge < -0.3 is 20.6 Å². The molecule has 0 amide bonds. The molecule has 0 saturated carbocycles. The molecule has 5 heteroatoms. The summed E-state index contributed by atoms with van der Waals surface area (Å²) in [5, 5.41) is 2.93. The van der Waals surface area contributed by atoms with Gasteiger partial charge in [-0.1, -0.05) is 0 Å². The third-order valence-electron chi connectivity index (χ3n) is 1.61. The Morgan fingerprint density at radius 2 is 2.00 bits per heavy atom. The van der Waals surface area contributed by atoms with Crippen LogP contribution in [0.25, 0.3) is 0 Å². The zero-order valence-corrected chi connectivity index (χ0v) is 9.03. The molecular weight excluding hydrogens is 184 g/mol. The summed E-state index contributed by atoms with van der Waals surface area (Å²) in [5.41, 5.74) is 5.24. The van der Waals surface area contributed by atoms with Gasteiger partial charge in [-0.15, -0.1) is 0 Å². The molecule has 0 aliphatic rings. The van der Waals surface area contributed by atoms with Gasteiger partial charge in [-0.05, 0) is 20.8 Å². The van der Waals surface area contributed by atoms with Crippen LogP contribution in [0.15, 0.2) is 0 Å². The Hall–Kier alpha value is -0.940. The average Bonchev–Trinajstić information content (AvgIpc) is 2.10. The maximum Gasteiger partial charge on any atom is 0.324 e. The first-order valence-corrected chi connectivity index (χ1v) is 4.38. The first-order valence-electron chi connectivity index (χ1n) is 4.38. The highest BCUT2D eigenvalue weighted by atomic mass is 16.5. The molecule has 0 radical (unpaired) electrons. The normalized spacial score (nSPS) is 15.8. The van der Waals surface area contributed by atoms with E-state index in [0.29, 0.717) is 6.29 Å². The third kappa shape index (κ3) is 4.34. The summed E-state index contributed by atoms with van der Waals surface area (Å²) in [4.78, 5) is 21.7. The van der Waals surface area contributed by atoms with E-state index in [1.54, 1.807) is 0 Å². The molecule has 0 aliphatic heterocycles. The topological polar surface area (TPSA) is 81.4 Å². The second kappa shape index (κ2) is 5.07. The lowest BCUT2D eigenvalue weighted by molar-refractivity contribution is -0.143. The van der Waals surface area contributed by atoms with E-state index in [9.17, 15) is 9.59 Å². The number of nitrogens with one attached hydrogen (secondary N) is 1. The Morgan fingerprint density at radius 3 is 2.29 bits per heavy atom. The van der Waals surface area contributed by atoms with Crippen LogP contribution in [0.5, 0.6) is 0 Å². The largest absolute Gasteiger partial charge is 0.468 e. The molecule has 0 fully saturated rings. The first-order chi connectivity index (χ1) is 6.31. The highest BCUT2D eigenvalue weighted by molar-refractivity contribution is 5.81. The number of ether oxygens (including phenoxy) is 1. The van der Waals surface area contributed by atoms with E-state index in [2.05, 4.69) is 10.1 Å². The van der Waals surface area contributed by atoms with Crippen molar-refractivity contribution in [1.82, 2.24) is 5.32 Å². The molecule has 2 atom stereocenters. The number of carbonyl (C=O) groups is 2. The SMILES string of the molecule is COC(=O)C(N)C(C=O)NC(C)(C)C. The van der Waals surface area contributed by atoms with E-state index < -0.39 is 18.1 Å². The minimum atomic E-state index is -0.961. The molecule has 0 saturated heterocycles. The number of hydrogen-bond donors (Lipinski definition) is 2. The Balaban J connectivity index is 4.41. The number of nitrogens with two attached hydrogens (primary N) is 1. The lowest BCUT2D eigenvalue weighted by atomic mass is 10.0. The van der Waals surface area contributed by atoms with E-state index in [0.717, 1.165) is 0 Å². The van der Waals surface area contributed by atoms with Gasteiger partial charge in [0.25, 0.3) is 0 Å². The summed E-state index contributed by atoms with van der Waals surface area (Å²) in [7, 11) is 1.24. The van der Waals surface area contributed by atoms with Crippen molar-refractivity contribution in [3.8, 4) is 0 Å². The van der Waals surface area contributed by atoms with E-state index in [-0.39, 0.29) is 5.54 Å². The molecule has 0 heterocycles. The van der Waals surface area contributed by atoms with Crippen LogP contribution in [-0.2, 0) is 14.3 Å². The van der Waals surface area contributed by atoms with Crippen LogP contribution in [0.1, 0.15) is 20.8 Å². The molecule has 0 aromatic heterocycles. The Bertz CT molecular complexity index is 211. The molecule has 0 aromatic carbocycles. The summed E-state index contributed by atoms with van der Waals surface area (Å²) in [6.07, 6.45) is 0.618. The summed E-state index contributed by atoms with van der Waals surface area (Å²) < 4.78 is 4.45. The molecule has 2 unspecified atom stereocenters. The molecule has 0 rings (SSSR count). The van der Waals surface area contributed by atoms with Crippen LogP contribution < -0.4 is 11.1 Å². The molecule has 82 valence electrons. The number of carbonyl (C=O) groups excluding carboxylic acids is 2. The van der Waals surface area contributed by atoms with Crippen LogP contribution in [-0.4, -0.2) is 37.0 Å². The Kier molecular flexibility index (Phi) is 4.73. The molecule has 0 spiro atoms. The number of esters is 1. The molecule has 5 nitrogen and oxygen atoms in total. The van der Waals surface area contributed by atoms with Crippen LogP contribution in [0.3, 0.4) is 0 Å². The number of aldehydes is 1. The van der Waals surface area contributed by atoms with Crippen molar-refractivity contribution in [1.29, 1.82) is 0 Å². The second-order valence-electron chi connectivity index (χ2n) is 4.11. The first kappa shape index (κ1) is 13.1. The predicted octanol–water partition coefficient (Wildman–Crippen LogP) is -0.558. The Labute approximate surface area is 84.0 Å². The fourth-order valence-corrected chi connectivity index (χ4v) is 0.991. The van der Waals surface area contributed by atoms with Crippen molar-refractivity contribution in [2.24, 2.45) is 5.73 Å². The predicted molar refractivity (Wildman–Crippen MR) is 52.7 cm³/mol. The van der Waals surface area contributed by atoms with Crippen molar-refractivity contribution < 1.29 is 14.3 Å². The van der Waals surface area contributed by atoms with Gasteiger partial charge in [0.2, 0.25) is 0 Å². The Morgan fingerprint density at radius 1 is 1.50 bits per heavy atom. The summed E-state index contributed by atoms with van der Waals surface area (Å²) >= 11 is 0. The third-order valence-corrected chi connectivity index (χ3v) is 1.61. The van der Waals surface area contributed by atoms with Crippen LogP contribution in [0.4, 0.5) is 0 Å². The van der Waals surface area contributed by atoms with Gasteiger partial charge >= 0.3 is 5.97 Å². The quantitative estimate of drug-likeness (QED) is 0.472. The minimum Gasteiger partial charge on any atom is -0.468 e. The fraction of sp³-hybridized carbons (Fsp3) is 0.778. The molecule has 0 bridgehead atoms. The summed E-state index contributed by atoms with van der Waals surface area (Å²) in [5.74, 6) is -0.598. The van der Waals surface area contributed by atoms with E-state index in [4.69, 9.17) is 5.73 Å². The average molecular weight is 202 g/mol. The van der Waals surface area contributed by atoms with Gasteiger partial charge in [-0.3, -0.25) is 4.79 Å². The summed E-state index contributed by atoms with van der Waals surface area (Å²) in [6, 6.07) is -1.68. The van der Waals surface area contributed by atoms with Crippen molar-refractivity contribution in [3.05, 3.63) is 0 Å². The number of rotatable bonds is 4. The van der Waals surface area contributed by atoms with Crippen molar-refractivity contribution in [2.75, 3.05) is 7.11 Å². The lowest BCUT2D eigenvalue weighted by Gasteiger charge is -2.27. The van der Waals surface area contributed by atoms with E-state index in [1.807, 2.05) is 20.8 Å². The van der Waals surface area contributed by atoms with Crippen molar-refractivity contribution in [3.63, 3.8) is 0 Å². The highest BCUT2D eigenvalue weighted by Crippen LogP contribution is 2.02. The fourth-order valence-electron chi connectivity index (χ4n) is 0.991. The van der Waals surface area contributed by atoms with Gasteiger partial charge in [0, 0.05) is 5.54 Å². The van der Waals surface area contributed by atoms with Crippen LogP contribution >= 0.6 is 0 Å². The molecule has 3 N–H and O–H groups in total. The van der Waals surface area contributed by atoms with Gasteiger partial charge in [-0.2, -0.15) is 0 Å². The second-order valence-corrected chi connectivity index (χ2v) is 4.11. The maximum absolute atomic E-state index is 11.1. The smallest absolute Gasteiger partial charge is 0.324 e. The van der Waals surface area contributed by atoms with E-state index >= 15 is 0 Å². The van der Waals surface area contributed by atoms with Gasteiger partial charge in [0.05, 0.1) is 13.2 Å². The number of hydrogen-bond acceptors (Lipinski definition) is 5. The lowest BCUT2D eigenvalue weighted by Crippen LogP contribution is -2.56. The molecule has 0 aromatic rings. The summed E-state index contributed by atoms with van der Waals surface area (Å²) in [6.45, 7) is 5.65. The monoisotopic (exact) mass is 202 g/mol. The van der Waals surface area contributed by atoms with Crippen LogP contribution in [0.2, 0.25) is 0 Å². The standard InChI is InChI=1S/C9H18N2O3/c1-9(2,3)11-6(5-12)7(10)8(13)14-4/h5-7,11H,10H2,1-4H3. The molecule has 0 aliphatic carbocycles. The van der Waals surface area contributed by atoms with Gasteiger partial charge in [0.15, 0.2) is 0 Å². The molecular formula is C9H18N2O3. The van der Waals surface area contributed by atoms with Crippen LogP contribution in [0, 0.1) is 0 Å². The highest BCUT2D eigenvalue weighted by Gasteiger charge is 2.28. The van der Waals surface area contributed by atoms with Gasteiger partial charge in [0.1, 0.15) is 12.3 Å². The van der Waals surface area contributed by atoms with Crippen molar-refractivity contribution in [2.45, 2.75) is 38.4 Å². The zero-order valence-electron chi connectivity index (χ0n) is 9.03. The van der Waals surface area contributed by atoms with Gasteiger partial charge in [-0.25, -0.2) is 0 Å². The zero-order chi connectivity index (χ0) is 11.4. The van der Waals surface area contributed by atoms with E-state index in [1.165, 1.54) is 7.11 Å². The maximum atomic E-state index is 11.1.